The summed E-state index contributed by atoms with van der Waals surface area (Å²) in [6.07, 6.45) is 1.78. The molecule has 0 aliphatic heterocycles. The minimum absolute atomic E-state index is 0.0415. The molecule has 0 aromatic carbocycles. The SMILES string of the molecule is CSc1nc(Cl)c(Cl)c(=O)[nH]1. The molecule has 1 rings (SSSR count). The van der Waals surface area contributed by atoms with Crippen molar-refractivity contribution in [2.75, 3.05) is 6.26 Å². The van der Waals surface area contributed by atoms with E-state index in [0.717, 1.165) is 0 Å². The van der Waals surface area contributed by atoms with E-state index in [1.807, 2.05) is 0 Å². The van der Waals surface area contributed by atoms with E-state index >= 15 is 0 Å². The Kier molecular flexibility index (Phi) is 2.81. The first kappa shape index (κ1) is 8.90. The number of thioether (sulfide) groups is 1. The van der Waals surface area contributed by atoms with Crippen molar-refractivity contribution in [1.82, 2.24) is 9.97 Å². The fourth-order valence-corrected chi connectivity index (χ4v) is 1.20. The van der Waals surface area contributed by atoms with Gasteiger partial charge in [-0.2, -0.15) is 0 Å². The quantitative estimate of drug-likeness (QED) is 0.437. The second-order valence-corrected chi connectivity index (χ2v) is 3.21. The molecule has 0 saturated heterocycles. The Morgan fingerprint density at radius 1 is 1.55 bits per heavy atom. The molecule has 1 N–H and O–H groups in total. The predicted molar refractivity (Wildman–Crippen MR) is 46.7 cm³/mol. The molecule has 3 nitrogen and oxygen atoms in total. The van der Waals surface area contributed by atoms with Crippen LogP contribution in [0, 0.1) is 0 Å². The molecule has 0 aliphatic carbocycles. The topological polar surface area (TPSA) is 45.8 Å². The van der Waals surface area contributed by atoms with Gasteiger partial charge in [-0.1, -0.05) is 35.0 Å². The molecule has 0 spiro atoms. The van der Waals surface area contributed by atoms with Crippen molar-refractivity contribution in [3.8, 4) is 0 Å². The van der Waals surface area contributed by atoms with Crippen LogP contribution in [0.1, 0.15) is 0 Å². The number of rotatable bonds is 1. The number of aromatic amines is 1. The maximum Gasteiger partial charge on any atom is 0.271 e. The fourth-order valence-electron chi connectivity index (χ4n) is 0.509. The predicted octanol–water partition coefficient (Wildman–Crippen LogP) is 1.80. The first-order valence-corrected chi connectivity index (χ1v) is 4.62. The highest BCUT2D eigenvalue weighted by Crippen LogP contribution is 2.16. The largest absolute Gasteiger partial charge is 0.300 e. The fraction of sp³-hybridized carbons (Fsp3) is 0.200. The van der Waals surface area contributed by atoms with E-state index in [4.69, 9.17) is 23.2 Å². The lowest BCUT2D eigenvalue weighted by atomic mass is 10.7. The molecule has 60 valence electrons. The summed E-state index contributed by atoms with van der Waals surface area (Å²) in [5.74, 6) is 0. The van der Waals surface area contributed by atoms with Crippen LogP contribution in [-0.4, -0.2) is 16.2 Å². The molecule has 0 saturated carbocycles. The molecule has 0 fully saturated rings. The summed E-state index contributed by atoms with van der Waals surface area (Å²) < 4.78 is 0. The van der Waals surface area contributed by atoms with Crippen molar-refractivity contribution in [1.29, 1.82) is 0 Å². The van der Waals surface area contributed by atoms with Crippen molar-refractivity contribution >= 4 is 35.0 Å². The van der Waals surface area contributed by atoms with Gasteiger partial charge in [-0.3, -0.25) is 4.79 Å². The molecule has 6 heteroatoms. The van der Waals surface area contributed by atoms with Gasteiger partial charge in [0.2, 0.25) is 0 Å². The third kappa shape index (κ3) is 1.89. The van der Waals surface area contributed by atoms with Crippen LogP contribution in [0.2, 0.25) is 10.2 Å². The van der Waals surface area contributed by atoms with Gasteiger partial charge in [-0.05, 0) is 6.26 Å². The summed E-state index contributed by atoms with van der Waals surface area (Å²) in [5.41, 5.74) is -0.406. The third-order valence-corrected chi connectivity index (χ3v) is 2.29. The van der Waals surface area contributed by atoms with E-state index in [1.54, 1.807) is 6.26 Å². The van der Waals surface area contributed by atoms with Gasteiger partial charge >= 0.3 is 0 Å². The van der Waals surface area contributed by atoms with Gasteiger partial charge < -0.3 is 4.98 Å². The lowest BCUT2D eigenvalue weighted by Crippen LogP contribution is -2.09. The zero-order chi connectivity index (χ0) is 8.43. The Bertz CT molecular complexity index is 325. The number of hydrogen-bond acceptors (Lipinski definition) is 3. The zero-order valence-electron chi connectivity index (χ0n) is 5.52. The second kappa shape index (κ2) is 3.47. The zero-order valence-corrected chi connectivity index (χ0v) is 7.85. The number of nitrogens with zero attached hydrogens (tertiary/aromatic N) is 1. The summed E-state index contributed by atoms with van der Waals surface area (Å²) in [4.78, 5) is 17.1. The van der Waals surface area contributed by atoms with Crippen molar-refractivity contribution in [3.05, 3.63) is 20.5 Å². The van der Waals surface area contributed by atoms with E-state index in [-0.39, 0.29) is 10.2 Å². The highest BCUT2D eigenvalue weighted by atomic mass is 35.5. The lowest BCUT2D eigenvalue weighted by Gasteiger charge is -1.96. The van der Waals surface area contributed by atoms with Gasteiger partial charge in [0.05, 0.1) is 0 Å². The molecule has 0 radical (unpaired) electrons. The smallest absolute Gasteiger partial charge is 0.271 e. The first-order valence-electron chi connectivity index (χ1n) is 2.64. The number of aromatic nitrogens is 2. The van der Waals surface area contributed by atoms with Crippen molar-refractivity contribution in [2.24, 2.45) is 0 Å². The lowest BCUT2D eigenvalue weighted by molar-refractivity contribution is 0.940. The summed E-state index contributed by atoms with van der Waals surface area (Å²) in [5, 5.41) is 0.439. The third-order valence-electron chi connectivity index (χ3n) is 0.994. The molecule has 1 aromatic heterocycles. The number of halogens is 2. The van der Waals surface area contributed by atoms with Gasteiger partial charge in [-0.25, -0.2) is 4.98 Å². The van der Waals surface area contributed by atoms with Crippen LogP contribution in [0.15, 0.2) is 9.95 Å². The average molecular weight is 211 g/mol. The second-order valence-electron chi connectivity index (χ2n) is 1.68. The number of hydrogen-bond donors (Lipinski definition) is 1. The number of nitrogens with one attached hydrogen (secondary N) is 1. The van der Waals surface area contributed by atoms with Crippen molar-refractivity contribution in [3.63, 3.8) is 0 Å². The Balaban J connectivity index is 3.32. The van der Waals surface area contributed by atoms with Crippen LogP contribution < -0.4 is 5.56 Å². The molecule has 1 heterocycles. The molecule has 0 atom stereocenters. The van der Waals surface area contributed by atoms with E-state index in [2.05, 4.69) is 9.97 Å². The highest BCUT2D eigenvalue weighted by Gasteiger charge is 2.05. The molecule has 0 unspecified atom stereocenters. The van der Waals surface area contributed by atoms with Gasteiger partial charge in [-0.15, -0.1) is 0 Å². The van der Waals surface area contributed by atoms with Crippen LogP contribution in [-0.2, 0) is 0 Å². The van der Waals surface area contributed by atoms with Crippen LogP contribution >= 0.6 is 35.0 Å². The van der Waals surface area contributed by atoms with Crippen LogP contribution in [0.5, 0.6) is 0 Å². The summed E-state index contributed by atoms with van der Waals surface area (Å²) in [7, 11) is 0. The first-order chi connectivity index (χ1) is 5.15. The Hall–Kier alpha value is -0.190. The minimum Gasteiger partial charge on any atom is -0.300 e. The number of H-pyrrole nitrogens is 1. The molecule has 0 aliphatic rings. The van der Waals surface area contributed by atoms with E-state index < -0.39 is 5.56 Å². The Morgan fingerprint density at radius 2 is 2.18 bits per heavy atom. The van der Waals surface area contributed by atoms with Crippen LogP contribution in [0.25, 0.3) is 0 Å². The van der Waals surface area contributed by atoms with Gasteiger partial charge in [0.1, 0.15) is 5.02 Å². The Labute approximate surface area is 77.1 Å². The summed E-state index contributed by atoms with van der Waals surface area (Å²) in [6.45, 7) is 0. The van der Waals surface area contributed by atoms with E-state index in [9.17, 15) is 4.79 Å². The van der Waals surface area contributed by atoms with Crippen LogP contribution in [0.4, 0.5) is 0 Å². The van der Waals surface area contributed by atoms with Gasteiger partial charge in [0, 0.05) is 0 Å². The van der Waals surface area contributed by atoms with Gasteiger partial charge in [0.25, 0.3) is 5.56 Å². The minimum atomic E-state index is -0.406. The van der Waals surface area contributed by atoms with Crippen LogP contribution in [0.3, 0.4) is 0 Å². The standard InChI is InChI=1S/C5H4Cl2N2OS/c1-11-5-8-3(7)2(6)4(10)9-5/h1H3,(H,8,9,10). The van der Waals surface area contributed by atoms with Crippen molar-refractivity contribution in [2.45, 2.75) is 5.16 Å². The summed E-state index contributed by atoms with van der Waals surface area (Å²) >= 11 is 12.3. The Morgan fingerprint density at radius 3 is 2.64 bits per heavy atom. The molecule has 1 aromatic rings. The monoisotopic (exact) mass is 210 g/mol. The molecule has 11 heavy (non-hydrogen) atoms. The normalized spacial score (nSPS) is 10.1. The molecular formula is C5H4Cl2N2OS. The molecular weight excluding hydrogens is 207 g/mol. The van der Waals surface area contributed by atoms with Crippen molar-refractivity contribution < 1.29 is 0 Å². The maximum absolute atomic E-state index is 10.9. The summed E-state index contributed by atoms with van der Waals surface area (Å²) in [6, 6.07) is 0. The van der Waals surface area contributed by atoms with E-state index in [0.29, 0.717) is 5.16 Å². The molecule has 0 amide bonds. The maximum atomic E-state index is 10.9. The molecule has 0 bridgehead atoms. The highest BCUT2D eigenvalue weighted by molar-refractivity contribution is 7.98. The van der Waals surface area contributed by atoms with Gasteiger partial charge in [0.15, 0.2) is 10.3 Å². The average Bonchev–Trinajstić information content (AvgIpc) is 1.99. The van der Waals surface area contributed by atoms with E-state index in [1.165, 1.54) is 11.8 Å².